The minimum atomic E-state index is -1.67. The van der Waals surface area contributed by atoms with Crippen LogP contribution in [0.25, 0.3) is 0 Å². The Morgan fingerprint density at radius 3 is 1.60 bits per heavy atom. The van der Waals surface area contributed by atoms with Gasteiger partial charge in [-0.3, -0.25) is 0 Å². The summed E-state index contributed by atoms with van der Waals surface area (Å²) in [5, 5.41) is 4.29. The van der Waals surface area contributed by atoms with Gasteiger partial charge < -0.3 is 0 Å². The van der Waals surface area contributed by atoms with E-state index in [0.29, 0.717) is 0 Å². The molecule has 1 rings (SSSR count). The zero-order valence-electron chi connectivity index (χ0n) is 10.6. The molecule has 1 heteroatoms. The molecule has 0 aromatic heterocycles. The van der Waals surface area contributed by atoms with E-state index in [2.05, 4.69) is 52.0 Å². The number of benzene rings is 1. The SMILES string of the molecule is CCc1cc[c]([Ge]([CH2]C)([CH2]C)[CH2]C)cc1. The topological polar surface area (TPSA) is 0 Å². The fourth-order valence-corrected chi connectivity index (χ4v) is 10.0. The van der Waals surface area contributed by atoms with Crippen LogP contribution in [-0.4, -0.2) is 13.3 Å². The van der Waals surface area contributed by atoms with Crippen molar-refractivity contribution in [3.05, 3.63) is 29.8 Å². The van der Waals surface area contributed by atoms with E-state index in [1.54, 1.807) is 4.40 Å². The molecule has 0 aliphatic rings. The van der Waals surface area contributed by atoms with Gasteiger partial charge in [0.05, 0.1) is 0 Å². The van der Waals surface area contributed by atoms with E-state index < -0.39 is 13.3 Å². The Labute approximate surface area is 97.5 Å². The molecule has 0 unspecified atom stereocenters. The monoisotopic (exact) mass is 266 g/mol. The molecular formula is C14H24Ge. The van der Waals surface area contributed by atoms with Crippen LogP contribution in [0.1, 0.15) is 33.3 Å². The molecule has 0 radical (unpaired) electrons. The molecule has 0 aliphatic carbocycles. The van der Waals surface area contributed by atoms with E-state index in [0.717, 1.165) is 6.42 Å². The number of hydrogen-bond donors (Lipinski definition) is 0. The second-order valence-corrected chi connectivity index (χ2v) is 15.4. The van der Waals surface area contributed by atoms with Gasteiger partial charge in [-0.05, 0) is 0 Å². The van der Waals surface area contributed by atoms with Crippen LogP contribution in [0.5, 0.6) is 0 Å². The summed E-state index contributed by atoms with van der Waals surface area (Å²) in [6.07, 6.45) is 1.16. The van der Waals surface area contributed by atoms with E-state index >= 15 is 0 Å². The summed E-state index contributed by atoms with van der Waals surface area (Å²) in [5.41, 5.74) is 1.47. The Hall–Kier alpha value is -0.237. The molecule has 0 amide bonds. The molecule has 15 heavy (non-hydrogen) atoms. The average molecular weight is 265 g/mol. The Bertz CT molecular complexity index is 274. The summed E-state index contributed by atoms with van der Waals surface area (Å²) < 4.78 is 1.71. The molecule has 0 saturated carbocycles. The first-order chi connectivity index (χ1) is 7.22. The fourth-order valence-electron chi connectivity index (χ4n) is 2.46. The van der Waals surface area contributed by atoms with E-state index in [1.807, 2.05) is 0 Å². The third-order valence-corrected chi connectivity index (χ3v) is 15.8. The first kappa shape index (κ1) is 12.8. The summed E-state index contributed by atoms with van der Waals surface area (Å²) in [7, 11) is 0. The van der Waals surface area contributed by atoms with Crippen molar-refractivity contribution in [3.63, 3.8) is 0 Å². The van der Waals surface area contributed by atoms with E-state index in [9.17, 15) is 0 Å². The van der Waals surface area contributed by atoms with Crippen molar-refractivity contribution in [2.24, 2.45) is 0 Å². The molecule has 0 N–H and O–H groups in total. The molecule has 0 saturated heterocycles. The number of rotatable bonds is 5. The molecule has 0 fully saturated rings. The predicted molar refractivity (Wildman–Crippen MR) is 72.7 cm³/mol. The van der Waals surface area contributed by atoms with Crippen molar-refractivity contribution in [2.75, 3.05) is 0 Å². The van der Waals surface area contributed by atoms with Crippen molar-refractivity contribution in [1.29, 1.82) is 0 Å². The van der Waals surface area contributed by atoms with Gasteiger partial charge in [0.2, 0.25) is 0 Å². The first-order valence-electron chi connectivity index (χ1n) is 6.31. The maximum atomic E-state index is 2.41. The van der Waals surface area contributed by atoms with Gasteiger partial charge in [0.1, 0.15) is 0 Å². The zero-order chi connectivity index (χ0) is 11.3. The summed E-state index contributed by atoms with van der Waals surface area (Å²) >= 11 is -1.67. The quantitative estimate of drug-likeness (QED) is 0.706. The van der Waals surface area contributed by atoms with Gasteiger partial charge in [-0.1, -0.05) is 0 Å². The third kappa shape index (κ3) is 2.66. The van der Waals surface area contributed by atoms with E-state index in [1.165, 1.54) is 21.3 Å². The Morgan fingerprint density at radius 1 is 0.800 bits per heavy atom. The van der Waals surface area contributed by atoms with Gasteiger partial charge >= 0.3 is 97.4 Å². The van der Waals surface area contributed by atoms with Gasteiger partial charge in [0, 0.05) is 0 Å². The third-order valence-electron chi connectivity index (χ3n) is 4.00. The molecule has 84 valence electrons. The van der Waals surface area contributed by atoms with Crippen LogP contribution in [0.4, 0.5) is 0 Å². The number of aryl methyl sites for hydroxylation is 1. The standard InChI is InChI=1S/C14H24Ge/c1-5-13-9-11-14(12-10-13)15(6-2,7-3)8-4/h9-12H,5-8H2,1-4H3. The van der Waals surface area contributed by atoms with Crippen LogP contribution in [0.15, 0.2) is 24.3 Å². The molecule has 1 aromatic rings. The summed E-state index contributed by atoms with van der Waals surface area (Å²) in [4.78, 5) is 0. The van der Waals surface area contributed by atoms with Crippen LogP contribution in [0, 0.1) is 0 Å². The molecule has 0 atom stereocenters. The first-order valence-corrected chi connectivity index (χ1v) is 11.8. The molecule has 1 aromatic carbocycles. The molecule has 0 heterocycles. The molecule has 0 aliphatic heterocycles. The molecule has 0 nitrogen and oxygen atoms in total. The van der Waals surface area contributed by atoms with Crippen LogP contribution in [-0.2, 0) is 6.42 Å². The van der Waals surface area contributed by atoms with Crippen LogP contribution in [0.3, 0.4) is 0 Å². The van der Waals surface area contributed by atoms with Gasteiger partial charge in [-0.2, -0.15) is 0 Å². The molecular weight excluding hydrogens is 241 g/mol. The Balaban J connectivity index is 3.01. The molecule has 0 spiro atoms. The van der Waals surface area contributed by atoms with Crippen molar-refractivity contribution in [3.8, 4) is 0 Å². The minimum absolute atomic E-state index is 1.16. The van der Waals surface area contributed by atoms with E-state index in [4.69, 9.17) is 0 Å². The van der Waals surface area contributed by atoms with Crippen LogP contribution in [0.2, 0.25) is 15.8 Å². The fraction of sp³-hybridized carbons (Fsp3) is 0.571. The predicted octanol–water partition coefficient (Wildman–Crippen LogP) is 3.96. The number of hydrogen-bond acceptors (Lipinski definition) is 0. The summed E-state index contributed by atoms with van der Waals surface area (Å²) in [6, 6.07) is 9.48. The van der Waals surface area contributed by atoms with Crippen molar-refractivity contribution in [1.82, 2.24) is 0 Å². The summed E-state index contributed by atoms with van der Waals surface area (Å²) in [5.74, 6) is 0. The van der Waals surface area contributed by atoms with Crippen LogP contribution >= 0.6 is 0 Å². The van der Waals surface area contributed by atoms with Gasteiger partial charge in [-0.15, -0.1) is 0 Å². The summed E-state index contributed by atoms with van der Waals surface area (Å²) in [6.45, 7) is 9.39. The van der Waals surface area contributed by atoms with Gasteiger partial charge in [0.25, 0.3) is 0 Å². The van der Waals surface area contributed by atoms with Gasteiger partial charge in [0.15, 0.2) is 0 Å². The average Bonchev–Trinajstić information content (AvgIpc) is 2.33. The van der Waals surface area contributed by atoms with Crippen LogP contribution < -0.4 is 4.40 Å². The second-order valence-electron chi connectivity index (χ2n) is 4.39. The molecule has 0 bridgehead atoms. The van der Waals surface area contributed by atoms with Gasteiger partial charge in [-0.25, -0.2) is 0 Å². The van der Waals surface area contributed by atoms with E-state index in [-0.39, 0.29) is 0 Å². The van der Waals surface area contributed by atoms with Crippen molar-refractivity contribution >= 4 is 17.7 Å². The Morgan fingerprint density at radius 2 is 1.27 bits per heavy atom. The normalized spacial score (nSPS) is 11.7. The zero-order valence-corrected chi connectivity index (χ0v) is 12.7. The maximum absolute atomic E-state index is 2.41. The van der Waals surface area contributed by atoms with Crippen molar-refractivity contribution in [2.45, 2.75) is 49.9 Å². The Kier molecular flexibility index (Phi) is 4.91. The second kappa shape index (κ2) is 5.74. The van der Waals surface area contributed by atoms with Crippen molar-refractivity contribution < 1.29 is 0 Å².